The number of benzene rings is 1. The molecule has 0 aromatic heterocycles. The summed E-state index contributed by atoms with van der Waals surface area (Å²) in [7, 11) is 0. The van der Waals surface area contributed by atoms with E-state index >= 15 is 0 Å². The average Bonchev–Trinajstić information content (AvgIpc) is 2.37. The summed E-state index contributed by atoms with van der Waals surface area (Å²) in [6, 6.07) is 7.59. The zero-order valence-corrected chi connectivity index (χ0v) is 14.4. The molecule has 0 saturated heterocycles. The van der Waals surface area contributed by atoms with Gasteiger partial charge in [-0.05, 0) is 66.1 Å². The summed E-state index contributed by atoms with van der Waals surface area (Å²) < 4.78 is 6.59. The van der Waals surface area contributed by atoms with Gasteiger partial charge in [0.05, 0.1) is 0 Å². The van der Waals surface area contributed by atoms with E-state index in [1.165, 1.54) is 0 Å². The van der Waals surface area contributed by atoms with Gasteiger partial charge in [0, 0.05) is 15.7 Å². The second-order valence-electron chi connectivity index (χ2n) is 5.65. The lowest BCUT2D eigenvalue weighted by Crippen LogP contribution is -2.53. The van der Waals surface area contributed by atoms with E-state index in [-0.39, 0.29) is 18.1 Å². The van der Waals surface area contributed by atoms with Gasteiger partial charge in [0.25, 0.3) is 5.91 Å². The van der Waals surface area contributed by atoms with Gasteiger partial charge >= 0.3 is 0 Å². The van der Waals surface area contributed by atoms with Gasteiger partial charge in [0.15, 0.2) is 6.61 Å². The molecule has 112 valence electrons. The second kappa shape index (κ2) is 7.83. The number of ether oxygens (including phenoxy) is 1. The molecule has 0 aliphatic carbocycles. The topological polar surface area (TPSA) is 64.3 Å². The van der Waals surface area contributed by atoms with Crippen LogP contribution >= 0.6 is 22.6 Å². The smallest absolute Gasteiger partial charge is 0.258 e. The summed E-state index contributed by atoms with van der Waals surface area (Å²) in [5.41, 5.74) is 5.40. The maximum atomic E-state index is 11.9. The van der Waals surface area contributed by atoms with Gasteiger partial charge < -0.3 is 15.8 Å². The van der Waals surface area contributed by atoms with Crippen molar-refractivity contribution in [2.45, 2.75) is 32.7 Å². The summed E-state index contributed by atoms with van der Waals surface area (Å²) in [5.74, 6) is 1.02. The van der Waals surface area contributed by atoms with Gasteiger partial charge in [-0.15, -0.1) is 0 Å². The van der Waals surface area contributed by atoms with Crippen LogP contribution in [0.2, 0.25) is 0 Å². The highest BCUT2D eigenvalue weighted by Crippen LogP contribution is 2.16. The molecule has 0 aliphatic rings. The van der Waals surface area contributed by atoms with E-state index in [4.69, 9.17) is 10.5 Å². The Morgan fingerprint density at radius 3 is 2.50 bits per heavy atom. The number of nitrogens with two attached hydrogens (primary N) is 1. The molecule has 0 radical (unpaired) electrons. The van der Waals surface area contributed by atoms with Crippen LogP contribution in [0.5, 0.6) is 5.75 Å². The van der Waals surface area contributed by atoms with Crippen LogP contribution in [0.4, 0.5) is 0 Å². The molecule has 1 aromatic carbocycles. The van der Waals surface area contributed by atoms with E-state index < -0.39 is 0 Å². The molecule has 0 spiro atoms. The maximum Gasteiger partial charge on any atom is 0.258 e. The molecule has 5 heteroatoms. The van der Waals surface area contributed by atoms with E-state index in [1.54, 1.807) is 0 Å². The molecule has 4 nitrogen and oxygen atoms in total. The molecule has 0 aliphatic heterocycles. The van der Waals surface area contributed by atoms with Crippen molar-refractivity contribution in [3.05, 3.63) is 27.8 Å². The SMILES string of the molecule is CC(C)CC(C)(CN)NC(=O)COc1ccc(I)cc1. The first-order chi connectivity index (χ1) is 9.34. The summed E-state index contributed by atoms with van der Waals surface area (Å²) in [6.45, 7) is 6.62. The minimum Gasteiger partial charge on any atom is -0.484 e. The Labute approximate surface area is 134 Å². The molecule has 0 heterocycles. The zero-order chi connectivity index (χ0) is 15.2. The van der Waals surface area contributed by atoms with Crippen molar-refractivity contribution in [3.8, 4) is 5.75 Å². The predicted octanol–water partition coefficient (Wildman–Crippen LogP) is 2.55. The number of hydrogen-bond donors (Lipinski definition) is 2. The van der Waals surface area contributed by atoms with Gasteiger partial charge in [-0.3, -0.25) is 4.79 Å². The number of hydrogen-bond acceptors (Lipinski definition) is 3. The third-order valence-electron chi connectivity index (χ3n) is 2.93. The quantitative estimate of drug-likeness (QED) is 0.704. The van der Waals surface area contributed by atoms with Crippen molar-refractivity contribution in [2.75, 3.05) is 13.2 Å². The molecular weight excluding hydrogens is 367 g/mol. The summed E-state index contributed by atoms with van der Waals surface area (Å²) in [4.78, 5) is 11.9. The zero-order valence-electron chi connectivity index (χ0n) is 12.3. The molecule has 0 saturated carbocycles. The maximum absolute atomic E-state index is 11.9. The highest BCUT2D eigenvalue weighted by atomic mass is 127. The van der Waals surface area contributed by atoms with Crippen LogP contribution in [0.15, 0.2) is 24.3 Å². The lowest BCUT2D eigenvalue weighted by atomic mass is 9.91. The number of halogens is 1. The van der Waals surface area contributed by atoms with Crippen LogP contribution < -0.4 is 15.8 Å². The van der Waals surface area contributed by atoms with Crippen LogP contribution in [0.3, 0.4) is 0 Å². The van der Waals surface area contributed by atoms with Crippen LogP contribution in [-0.4, -0.2) is 24.6 Å². The molecule has 1 rings (SSSR count). The van der Waals surface area contributed by atoms with Crippen LogP contribution in [0.1, 0.15) is 27.2 Å². The number of carbonyl (C=O) groups is 1. The first kappa shape index (κ1) is 17.2. The molecular formula is C15H23IN2O2. The normalized spacial score (nSPS) is 13.9. The molecule has 20 heavy (non-hydrogen) atoms. The van der Waals surface area contributed by atoms with Crippen molar-refractivity contribution >= 4 is 28.5 Å². The van der Waals surface area contributed by atoms with Crippen LogP contribution in [-0.2, 0) is 4.79 Å². The Morgan fingerprint density at radius 2 is 2.00 bits per heavy atom. The Kier molecular flexibility index (Phi) is 6.75. The monoisotopic (exact) mass is 390 g/mol. The van der Waals surface area contributed by atoms with Gasteiger partial charge in [0.2, 0.25) is 0 Å². The predicted molar refractivity (Wildman–Crippen MR) is 89.7 cm³/mol. The van der Waals surface area contributed by atoms with E-state index in [0.29, 0.717) is 18.2 Å². The van der Waals surface area contributed by atoms with Crippen LogP contribution in [0.25, 0.3) is 0 Å². The first-order valence-corrected chi connectivity index (χ1v) is 7.82. The number of amides is 1. The van der Waals surface area contributed by atoms with E-state index in [2.05, 4.69) is 41.8 Å². The Morgan fingerprint density at radius 1 is 1.40 bits per heavy atom. The van der Waals surface area contributed by atoms with Gasteiger partial charge in [-0.1, -0.05) is 13.8 Å². The fourth-order valence-corrected chi connectivity index (χ4v) is 2.50. The number of carbonyl (C=O) groups excluding carboxylic acids is 1. The molecule has 0 fully saturated rings. The first-order valence-electron chi connectivity index (χ1n) is 6.74. The molecule has 0 bridgehead atoms. The number of rotatable bonds is 7. The average molecular weight is 390 g/mol. The van der Waals surface area contributed by atoms with E-state index in [1.807, 2.05) is 31.2 Å². The largest absolute Gasteiger partial charge is 0.484 e. The highest BCUT2D eigenvalue weighted by molar-refractivity contribution is 14.1. The molecule has 3 N–H and O–H groups in total. The van der Waals surface area contributed by atoms with Crippen molar-refractivity contribution < 1.29 is 9.53 Å². The van der Waals surface area contributed by atoms with Crippen molar-refractivity contribution in [1.82, 2.24) is 5.32 Å². The standard InChI is InChI=1S/C15H23IN2O2/c1-11(2)8-15(3,10-17)18-14(19)9-20-13-6-4-12(16)5-7-13/h4-7,11H,8-10,17H2,1-3H3,(H,18,19). The fraction of sp³-hybridized carbons (Fsp3) is 0.533. The van der Waals surface area contributed by atoms with Gasteiger partial charge in [-0.25, -0.2) is 0 Å². The van der Waals surface area contributed by atoms with Crippen LogP contribution in [0, 0.1) is 9.49 Å². The van der Waals surface area contributed by atoms with Gasteiger partial charge in [0.1, 0.15) is 5.75 Å². The third-order valence-corrected chi connectivity index (χ3v) is 3.65. The summed E-state index contributed by atoms with van der Waals surface area (Å²) in [5, 5.41) is 2.97. The molecule has 1 atom stereocenters. The van der Waals surface area contributed by atoms with E-state index in [0.717, 1.165) is 9.99 Å². The molecule has 1 aromatic rings. The van der Waals surface area contributed by atoms with Crippen molar-refractivity contribution in [1.29, 1.82) is 0 Å². The Bertz CT molecular complexity index is 434. The Hall–Kier alpha value is -0.820. The lowest BCUT2D eigenvalue weighted by Gasteiger charge is -2.31. The third kappa shape index (κ3) is 6.09. The summed E-state index contributed by atoms with van der Waals surface area (Å²) in [6.07, 6.45) is 0.846. The lowest BCUT2D eigenvalue weighted by molar-refractivity contribution is -0.125. The minimum atomic E-state index is -0.374. The van der Waals surface area contributed by atoms with Crippen molar-refractivity contribution in [2.24, 2.45) is 11.7 Å². The second-order valence-corrected chi connectivity index (χ2v) is 6.90. The Balaban J connectivity index is 2.48. The summed E-state index contributed by atoms with van der Waals surface area (Å²) >= 11 is 2.22. The molecule has 1 amide bonds. The highest BCUT2D eigenvalue weighted by Gasteiger charge is 2.25. The van der Waals surface area contributed by atoms with Gasteiger partial charge in [-0.2, -0.15) is 0 Å². The van der Waals surface area contributed by atoms with Crippen molar-refractivity contribution in [3.63, 3.8) is 0 Å². The fourth-order valence-electron chi connectivity index (χ4n) is 2.14. The minimum absolute atomic E-state index is 0.00821. The van der Waals surface area contributed by atoms with E-state index in [9.17, 15) is 4.79 Å². The number of nitrogens with one attached hydrogen (secondary N) is 1. The molecule has 1 unspecified atom stereocenters.